The largest absolute Gasteiger partial charge is 0.386 e. The van der Waals surface area contributed by atoms with E-state index in [1.165, 1.54) is 0 Å². The molecule has 7 heteroatoms. The molecule has 0 unspecified atom stereocenters. The number of nitrogens with one attached hydrogen (secondary N) is 2. The minimum Gasteiger partial charge on any atom is -0.386 e. The number of rotatable bonds is 5. The maximum atomic E-state index is 12.2. The van der Waals surface area contributed by atoms with Crippen LogP contribution in [0.3, 0.4) is 0 Å². The summed E-state index contributed by atoms with van der Waals surface area (Å²) in [5.74, 6) is 0.836. The molecule has 0 aliphatic carbocycles. The molecule has 3 aromatic rings. The van der Waals surface area contributed by atoms with Crippen molar-refractivity contribution in [3.63, 3.8) is 0 Å². The molecule has 2 aromatic carbocycles. The number of anilines is 3. The smallest absolute Gasteiger partial charge is 0.227 e. The summed E-state index contributed by atoms with van der Waals surface area (Å²) in [7, 11) is 3.62. The third kappa shape index (κ3) is 3.12. The van der Waals surface area contributed by atoms with Crippen molar-refractivity contribution in [1.82, 2.24) is 5.16 Å². The summed E-state index contributed by atoms with van der Waals surface area (Å²) in [5, 5.41) is 10.1. The van der Waals surface area contributed by atoms with Crippen molar-refractivity contribution < 1.29 is 14.1 Å². The predicted octanol–water partition coefficient (Wildman–Crippen LogP) is 4.14. The molecule has 1 aliphatic rings. The zero-order chi connectivity index (χ0) is 21.4. The molecule has 2 heterocycles. The van der Waals surface area contributed by atoms with Crippen molar-refractivity contribution in [3.05, 3.63) is 47.3 Å². The van der Waals surface area contributed by atoms with Gasteiger partial charge in [-0.05, 0) is 55.2 Å². The molecule has 7 nitrogen and oxygen atoms in total. The minimum absolute atomic E-state index is 0.103. The van der Waals surface area contributed by atoms with Gasteiger partial charge in [-0.3, -0.25) is 9.59 Å². The Hall–Kier alpha value is -3.61. The van der Waals surface area contributed by atoms with Crippen LogP contribution in [0.15, 0.2) is 34.9 Å². The molecule has 0 atom stereocenters. The van der Waals surface area contributed by atoms with E-state index < -0.39 is 0 Å². The number of aryl methyl sites for hydroxylation is 2. The highest BCUT2D eigenvalue weighted by atomic mass is 16.5. The van der Waals surface area contributed by atoms with Gasteiger partial charge >= 0.3 is 0 Å². The molecule has 1 aliphatic heterocycles. The first-order valence-corrected chi connectivity index (χ1v) is 9.84. The molecule has 0 radical (unpaired) electrons. The van der Waals surface area contributed by atoms with Crippen molar-refractivity contribution in [1.29, 1.82) is 0 Å². The first-order chi connectivity index (χ1) is 14.5. The molecule has 1 aromatic heterocycles. The van der Waals surface area contributed by atoms with Crippen LogP contribution in [0.1, 0.15) is 23.4 Å². The first kappa shape index (κ1) is 19.7. The van der Waals surface area contributed by atoms with Crippen LogP contribution in [-0.4, -0.2) is 31.6 Å². The second kappa shape index (κ2) is 7.67. The van der Waals surface area contributed by atoms with Crippen molar-refractivity contribution >= 4 is 29.4 Å². The molecule has 0 saturated heterocycles. The van der Waals surface area contributed by atoms with E-state index >= 15 is 0 Å². The van der Waals surface area contributed by atoms with Crippen LogP contribution >= 0.6 is 0 Å². The molecule has 0 saturated carbocycles. The van der Waals surface area contributed by atoms with Crippen LogP contribution in [0.4, 0.5) is 17.1 Å². The van der Waals surface area contributed by atoms with Gasteiger partial charge in [-0.15, -0.1) is 0 Å². The number of carbonyl (C=O) groups is 2. The summed E-state index contributed by atoms with van der Waals surface area (Å²) in [6.07, 6.45) is 1.79. The fourth-order valence-corrected chi connectivity index (χ4v) is 4.24. The second-order valence-electron chi connectivity index (χ2n) is 7.41. The zero-order valence-electron chi connectivity index (χ0n) is 17.5. The third-order valence-corrected chi connectivity index (χ3v) is 5.70. The maximum Gasteiger partial charge on any atom is 0.227 e. The quantitative estimate of drug-likeness (QED) is 0.624. The first-order valence-electron chi connectivity index (χ1n) is 9.84. The molecule has 2 amide bonds. The van der Waals surface area contributed by atoms with Gasteiger partial charge in [0, 0.05) is 37.3 Å². The van der Waals surface area contributed by atoms with Gasteiger partial charge in [0.25, 0.3) is 0 Å². The van der Waals surface area contributed by atoms with E-state index in [4.69, 9.17) is 4.52 Å². The Morgan fingerprint density at radius 1 is 1.17 bits per heavy atom. The van der Waals surface area contributed by atoms with E-state index in [-0.39, 0.29) is 5.91 Å². The van der Waals surface area contributed by atoms with Crippen LogP contribution in [0.2, 0.25) is 0 Å². The van der Waals surface area contributed by atoms with Crippen LogP contribution < -0.4 is 15.5 Å². The molecular weight excluding hydrogens is 380 g/mol. The van der Waals surface area contributed by atoms with Gasteiger partial charge in [-0.1, -0.05) is 17.3 Å². The number of benzene rings is 2. The number of hydrogen-bond acceptors (Lipinski definition) is 5. The molecule has 154 valence electrons. The maximum absolute atomic E-state index is 12.2. The Labute approximate surface area is 175 Å². The fourth-order valence-electron chi connectivity index (χ4n) is 4.24. The lowest BCUT2D eigenvalue weighted by atomic mass is 9.89. The lowest BCUT2D eigenvalue weighted by Crippen LogP contribution is -2.31. The van der Waals surface area contributed by atoms with Crippen molar-refractivity contribution in [2.24, 2.45) is 0 Å². The highest BCUT2D eigenvalue weighted by Gasteiger charge is 2.25. The Morgan fingerprint density at radius 3 is 2.63 bits per heavy atom. The summed E-state index contributed by atoms with van der Waals surface area (Å²) >= 11 is 0. The Balaban J connectivity index is 2.01. The van der Waals surface area contributed by atoms with Crippen LogP contribution in [0.25, 0.3) is 22.3 Å². The van der Waals surface area contributed by atoms with E-state index in [0.717, 1.165) is 50.6 Å². The lowest BCUT2D eigenvalue weighted by Gasteiger charge is -2.28. The molecule has 0 bridgehead atoms. The summed E-state index contributed by atoms with van der Waals surface area (Å²) in [5.41, 5.74) is 8.01. The summed E-state index contributed by atoms with van der Waals surface area (Å²) < 4.78 is 5.38. The number of carbonyl (C=O) groups excluding carboxylic acids is 2. The third-order valence-electron chi connectivity index (χ3n) is 5.70. The van der Waals surface area contributed by atoms with Crippen molar-refractivity contribution in [3.8, 4) is 22.3 Å². The van der Waals surface area contributed by atoms with Gasteiger partial charge in [0.05, 0.1) is 17.1 Å². The zero-order valence-corrected chi connectivity index (χ0v) is 17.5. The van der Waals surface area contributed by atoms with E-state index in [1.54, 1.807) is 11.9 Å². The van der Waals surface area contributed by atoms with E-state index in [0.29, 0.717) is 24.9 Å². The summed E-state index contributed by atoms with van der Waals surface area (Å²) in [4.78, 5) is 25.3. The Bertz CT molecular complexity index is 1130. The molecule has 0 spiro atoms. The topological polar surface area (TPSA) is 87.5 Å². The second-order valence-corrected chi connectivity index (χ2v) is 7.41. The van der Waals surface area contributed by atoms with Crippen LogP contribution in [0.5, 0.6) is 0 Å². The van der Waals surface area contributed by atoms with Gasteiger partial charge in [0.2, 0.25) is 12.3 Å². The normalized spacial score (nSPS) is 13.2. The van der Waals surface area contributed by atoms with E-state index in [2.05, 4.69) is 15.8 Å². The number of hydrogen-bond donors (Lipinski definition) is 2. The standard InChI is InChI=1S/C23H24N4O3/c1-13-22(14(2)30-26-13)15-10-18(23(25-12-28)19(11-15)24-3)16-6-5-7-20-17(16)8-9-21(29)27(20)4/h5-7,10-12,24H,8-9H2,1-4H3,(H,25,28). The van der Waals surface area contributed by atoms with E-state index in [1.807, 2.05) is 51.2 Å². The fraction of sp³-hybridized carbons (Fsp3) is 0.261. The highest BCUT2D eigenvalue weighted by molar-refractivity contribution is 6.01. The molecule has 2 N–H and O–H groups in total. The Kier molecular flexibility index (Phi) is 5.03. The van der Waals surface area contributed by atoms with Crippen LogP contribution in [-0.2, 0) is 16.0 Å². The summed E-state index contributed by atoms with van der Waals surface area (Å²) in [6.45, 7) is 3.80. The van der Waals surface area contributed by atoms with Crippen LogP contribution in [0, 0.1) is 13.8 Å². The number of amides is 2. The molecule has 4 rings (SSSR count). The summed E-state index contributed by atoms with van der Waals surface area (Å²) in [6, 6.07) is 9.96. The average Bonchev–Trinajstić information content (AvgIpc) is 3.09. The van der Waals surface area contributed by atoms with Gasteiger partial charge in [-0.2, -0.15) is 0 Å². The SMILES string of the molecule is CNc1cc(-c2c(C)noc2C)cc(-c2cccc3c2CCC(=O)N3C)c1NC=O. The number of fused-ring (bicyclic) bond motifs is 1. The molecule has 30 heavy (non-hydrogen) atoms. The predicted molar refractivity (Wildman–Crippen MR) is 118 cm³/mol. The van der Waals surface area contributed by atoms with Gasteiger partial charge in [0.1, 0.15) is 5.76 Å². The van der Waals surface area contributed by atoms with Gasteiger partial charge < -0.3 is 20.1 Å². The Morgan fingerprint density at radius 2 is 1.97 bits per heavy atom. The number of aromatic nitrogens is 1. The van der Waals surface area contributed by atoms with Crippen molar-refractivity contribution in [2.45, 2.75) is 26.7 Å². The average molecular weight is 404 g/mol. The lowest BCUT2D eigenvalue weighted by molar-refractivity contribution is -0.118. The highest BCUT2D eigenvalue weighted by Crippen LogP contribution is 2.44. The minimum atomic E-state index is 0.103. The van der Waals surface area contributed by atoms with Crippen molar-refractivity contribution in [2.75, 3.05) is 29.6 Å². The molecular formula is C23H24N4O3. The van der Waals surface area contributed by atoms with Gasteiger partial charge in [0.15, 0.2) is 0 Å². The molecule has 0 fully saturated rings. The van der Waals surface area contributed by atoms with Gasteiger partial charge in [-0.25, -0.2) is 0 Å². The van der Waals surface area contributed by atoms with E-state index in [9.17, 15) is 9.59 Å². The monoisotopic (exact) mass is 404 g/mol. The number of nitrogens with zero attached hydrogens (tertiary/aromatic N) is 2.